The largest absolute Gasteiger partial charge is 0.256 e. The van der Waals surface area contributed by atoms with E-state index in [1.54, 1.807) is 12.4 Å². The van der Waals surface area contributed by atoms with E-state index in [9.17, 15) is 0 Å². The first kappa shape index (κ1) is 8.94. The number of rotatable bonds is 2. The van der Waals surface area contributed by atoms with E-state index < -0.39 is 0 Å². The summed E-state index contributed by atoms with van der Waals surface area (Å²) in [5.74, 6) is 0. The van der Waals surface area contributed by atoms with Crippen LogP contribution in [0.5, 0.6) is 0 Å². The fourth-order valence-electron chi connectivity index (χ4n) is 0.733. The zero-order chi connectivity index (χ0) is 8.27. The molecule has 0 bridgehead atoms. The van der Waals surface area contributed by atoms with Crippen LogP contribution in [0.4, 0.5) is 0 Å². The Morgan fingerprint density at radius 2 is 2.27 bits per heavy atom. The Hall–Kier alpha value is -0.150. The van der Waals surface area contributed by atoms with Crippen molar-refractivity contribution in [2.24, 2.45) is 0 Å². The molecule has 0 radical (unpaired) electrons. The van der Waals surface area contributed by atoms with Gasteiger partial charge in [-0.2, -0.15) is 0 Å². The summed E-state index contributed by atoms with van der Waals surface area (Å²) in [4.78, 5) is 8.44. The maximum Gasteiger partial charge on any atom is 0.147 e. The van der Waals surface area contributed by atoms with Crippen molar-refractivity contribution in [2.75, 3.05) is 0 Å². The Morgan fingerprint density at radius 3 is 2.73 bits per heavy atom. The molecule has 1 rings (SSSR count). The van der Waals surface area contributed by atoms with Crippen LogP contribution in [0.25, 0.3) is 0 Å². The van der Waals surface area contributed by atoms with Crippen molar-refractivity contribution in [1.82, 2.24) is 9.97 Å². The topological polar surface area (TPSA) is 25.8 Å². The van der Waals surface area contributed by atoms with Gasteiger partial charge in [-0.1, -0.05) is 34.5 Å². The van der Waals surface area contributed by atoms with Gasteiger partial charge in [-0.25, -0.2) is 4.98 Å². The van der Waals surface area contributed by atoms with Crippen molar-refractivity contribution in [3.05, 3.63) is 23.2 Å². The van der Waals surface area contributed by atoms with Crippen LogP contribution >= 0.6 is 27.5 Å². The SMILES string of the molecule is CC(Br)Cc1cnc(Cl)cn1. The number of nitrogens with zero attached hydrogens (tertiary/aromatic N) is 2. The summed E-state index contributed by atoms with van der Waals surface area (Å²) in [5.41, 5.74) is 0.957. The van der Waals surface area contributed by atoms with Gasteiger partial charge in [0.15, 0.2) is 0 Å². The van der Waals surface area contributed by atoms with Crippen LogP contribution in [-0.2, 0) is 6.42 Å². The van der Waals surface area contributed by atoms with Crippen molar-refractivity contribution in [2.45, 2.75) is 18.2 Å². The van der Waals surface area contributed by atoms with Gasteiger partial charge in [0, 0.05) is 11.2 Å². The van der Waals surface area contributed by atoms with Crippen LogP contribution in [-0.4, -0.2) is 14.8 Å². The Balaban J connectivity index is 2.66. The van der Waals surface area contributed by atoms with E-state index in [0.29, 0.717) is 9.98 Å². The van der Waals surface area contributed by atoms with E-state index >= 15 is 0 Å². The highest BCUT2D eigenvalue weighted by molar-refractivity contribution is 9.09. The number of aromatic nitrogens is 2. The highest BCUT2D eigenvalue weighted by Crippen LogP contribution is 2.07. The van der Waals surface area contributed by atoms with Gasteiger partial charge in [0.05, 0.1) is 18.1 Å². The van der Waals surface area contributed by atoms with Gasteiger partial charge in [0.1, 0.15) is 5.15 Å². The molecule has 1 heterocycles. The molecule has 0 amide bonds. The molecule has 0 aliphatic heterocycles. The molecule has 0 fully saturated rings. The molecule has 4 heteroatoms. The van der Waals surface area contributed by atoms with Gasteiger partial charge >= 0.3 is 0 Å². The third-order valence-electron chi connectivity index (χ3n) is 1.16. The van der Waals surface area contributed by atoms with Crippen molar-refractivity contribution in [3.8, 4) is 0 Å². The maximum absolute atomic E-state index is 5.56. The lowest BCUT2D eigenvalue weighted by Crippen LogP contribution is -1.99. The Labute approximate surface area is 79.1 Å². The molecule has 1 aromatic heterocycles. The molecule has 0 aliphatic carbocycles. The molecule has 0 aliphatic rings. The van der Waals surface area contributed by atoms with Crippen molar-refractivity contribution >= 4 is 27.5 Å². The average molecular weight is 236 g/mol. The van der Waals surface area contributed by atoms with Crippen LogP contribution in [0.2, 0.25) is 5.15 Å². The lowest BCUT2D eigenvalue weighted by molar-refractivity contribution is 0.899. The third-order valence-corrected chi connectivity index (χ3v) is 1.68. The fraction of sp³-hybridized carbons (Fsp3) is 0.429. The first-order valence-electron chi connectivity index (χ1n) is 3.29. The summed E-state index contributed by atoms with van der Waals surface area (Å²) >= 11 is 8.99. The van der Waals surface area contributed by atoms with Crippen LogP contribution in [0.3, 0.4) is 0 Å². The van der Waals surface area contributed by atoms with E-state index in [1.165, 1.54) is 0 Å². The van der Waals surface area contributed by atoms with E-state index in [-0.39, 0.29) is 0 Å². The van der Waals surface area contributed by atoms with Crippen molar-refractivity contribution in [1.29, 1.82) is 0 Å². The molecule has 0 spiro atoms. The van der Waals surface area contributed by atoms with E-state index in [2.05, 4.69) is 32.8 Å². The number of hydrogen-bond donors (Lipinski definition) is 0. The van der Waals surface area contributed by atoms with E-state index in [4.69, 9.17) is 11.6 Å². The highest BCUT2D eigenvalue weighted by Gasteiger charge is 1.99. The molecule has 1 unspecified atom stereocenters. The van der Waals surface area contributed by atoms with Crippen LogP contribution in [0.15, 0.2) is 12.4 Å². The molecule has 1 aromatic rings. The van der Waals surface area contributed by atoms with Gasteiger partial charge in [-0.15, -0.1) is 0 Å². The summed E-state index contributed by atoms with van der Waals surface area (Å²) < 4.78 is 0. The van der Waals surface area contributed by atoms with Gasteiger partial charge < -0.3 is 0 Å². The summed E-state index contributed by atoms with van der Waals surface area (Å²) in [7, 11) is 0. The zero-order valence-electron chi connectivity index (χ0n) is 6.09. The molecule has 0 saturated carbocycles. The maximum atomic E-state index is 5.56. The summed E-state index contributed by atoms with van der Waals surface area (Å²) in [6, 6.07) is 0. The summed E-state index contributed by atoms with van der Waals surface area (Å²) in [5, 5.41) is 0.441. The first-order chi connectivity index (χ1) is 5.18. The van der Waals surface area contributed by atoms with E-state index in [1.807, 2.05) is 0 Å². The smallest absolute Gasteiger partial charge is 0.147 e. The van der Waals surface area contributed by atoms with Gasteiger partial charge in [0.2, 0.25) is 0 Å². The van der Waals surface area contributed by atoms with E-state index in [0.717, 1.165) is 12.1 Å². The number of alkyl halides is 1. The molecule has 0 N–H and O–H groups in total. The first-order valence-corrected chi connectivity index (χ1v) is 4.58. The van der Waals surface area contributed by atoms with Crippen LogP contribution < -0.4 is 0 Å². The van der Waals surface area contributed by atoms with Crippen LogP contribution in [0.1, 0.15) is 12.6 Å². The Bertz CT molecular complexity index is 222. The molecule has 0 aromatic carbocycles. The normalized spacial score (nSPS) is 13.0. The summed E-state index contributed by atoms with van der Waals surface area (Å²) in [6.07, 6.45) is 4.14. The second-order valence-electron chi connectivity index (χ2n) is 2.32. The molecule has 11 heavy (non-hydrogen) atoms. The van der Waals surface area contributed by atoms with Crippen molar-refractivity contribution < 1.29 is 0 Å². The minimum atomic E-state index is 0.429. The zero-order valence-corrected chi connectivity index (χ0v) is 8.43. The average Bonchev–Trinajstić information content (AvgIpc) is 1.93. The third kappa shape index (κ3) is 3.16. The second-order valence-corrected chi connectivity index (χ2v) is 4.27. The molecule has 2 nitrogen and oxygen atoms in total. The molecule has 60 valence electrons. The lowest BCUT2D eigenvalue weighted by atomic mass is 10.3. The quantitative estimate of drug-likeness (QED) is 0.736. The monoisotopic (exact) mass is 234 g/mol. The minimum Gasteiger partial charge on any atom is -0.256 e. The predicted octanol–water partition coefficient (Wildman–Crippen LogP) is 2.46. The van der Waals surface area contributed by atoms with Gasteiger partial charge in [-0.3, -0.25) is 4.98 Å². The molecule has 1 atom stereocenters. The number of hydrogen-bond acceptors (Lipinski definition) is 2. The van der Waals surface area contributed by atoms with Crippen LogP contribution in [0, 0.1) is 0 Å². The Morgan fingerprint density at radius 1 is 1.55 bits per heavy atom. The minimum absolute atomic E-state index is 0.429. The van der Waals surface area contributed by atoms with Gasteiger partial charge in [0.25, 0.3) is 0 Å². The summed E-state index contributed by atoms with van der Waals surface area (Å²) in [6.45, 7) is 2.07. The fourth-order valence-corrected chi connectivity index (χ4v) is 1.16. The van der Waals surface area contributed by atoms with Gasteiger partial charge in [-0.05, 0) is 0 Å². The molecule has 0 saturated heterocycles. The predicted molar refractivity (Wildman–Crippen MR) is 49.1 cm³/mol. The number of halogens is 2. The highest BCUT2D eigenvalue weighted by atomic mass is 79.9. The molecular weight excluding hydrogens is 227 g/mol. The second kappa shape index (κ2) is 4.02. The standard InChI is InChI=1S/C7H8BrClN2/c1-5(8)2-6-3-11-7(9)4-10-6/h3-5H,2H2,1H3. The molecular formula is C7H8BrClN2. The van der Waals surface area contributed by atoms with Crippen molar-refractivity contribution in [3.63, 3.8) is 0 Å². The Kier molecular flexibility index (Phi) is 3.27. The lowest BCUT2D eigenvalue weighted by Gasteiger charge is -2.00.